The molecule has 0 N–H and O–H groups in total. The van der Waals surface area contributed by atoms with Gasteiger partial charge in [-0.15, -0.1) is 0 Å². The first-order chi connectivity index (χ1) is 7.49. The van der Waals surface area contributed by atoms with Crippen LogP contribution < -0.4 is 0 Å². The molecule has 4 heteroatoms. The highest BCUT2D eigenvalue weighted by molar-refractivity contribution is 5.71. The molecular formula is C12H24N2O2. The molecule has 0 aromatic carbocycles. The fourth-order valence-corrected chi connectivity index (χ4v) is 2.20. The molecule has 1 rings (SSSR count). The van der Waals surface area contributed by atoms with Gasteiger partial charge in [-0.1, -0.05) is 0 Å². The van der Waals surface area contributed by atoms with Crippen molar-refractivity contribution in [1.29, 1.82) is 0 Å². The van der Waals surface area contributed by atoms with Gasteiger partial charge in [0.25, 0.3) is 0 Å². The minimum absolute atomic E-state index is 0.0117. The second-order valence-electron chi connectivity index (χ2n) is 5.07. The average molecular weight is 228 g/mol. The third-order valence-corrected chi connectivity index (χ3v) is 2.77. The number of ether oxygens (including phenoxy) is 1. The van der Waals surface area contributed by atoms with Gasteiger partial charge in [0, 0.05) is 12.6 Å². The molecule has 1 unspecified atom stereocenters. The Morgan fingerprint density at radius 3 is 2.75 bits per heavy atom. The van der Waals surface area contributed by atoms with Gasteiger partial charge in [-0.3, -0.25) is 9.69 Å². The molecule has 4 nitrogen and oxygen atoms in total. The minimum Gasteiger partial charge on any atom is -0.462 e. The first-order valence-corrected chi connectivity index (χ1v) is 6.07. The summed E-state index contributed by atoms with van der Waals surface area (Å²) in [5, 5.41) is 0. The molecule has 0 amide bonds. The molecule has 1 heterocycles. The molecule has 0 spiro atoms. The van der Waals surface area contributed by atoms with E-state index in [-0.39, 0.29) is 12.1 Å². The zero-order valence-electron chi connectivity index (χ0n) is 10.9. The summed E-state index contributed by atoms with van der Waals surface area (Å²) < 4.78 is 5.17. The number of hydrogen-bond acceptors (Lipinski definition) is 4. The van der Waals surface area contributed by atoms with Crippen LogP contribution in [0.15, 0.2) is 0 Å². The van der Waals surface area contributed by atoms with Gasteiger partial charge in [0.2, 0.25) is 0 Å². The fraction of sp³-hybridized carbons (Fsp3) is 0.917. The summed E-state index contributed by atoms with van der Waals surface area (Å²) in [4.78, 5) is 16.0. The quantitative estimate of drug-likeness (QED) is 0.656. The molecule has 1 atom stereocenters. The Balaban J connectivity index is 2.37. The number of esters is 1. The standard InChI is InChI=1S/C12H24N2O2/c1-10(2)16-12(15)9-14-7-5-6-11(14)8-13(3)4/h10-11H,5-9H2,1-4H3. The van der Waals surface area contributed by atoms with Gasteiger partial charge in [-0.05, 0) is 47.3 Å². The van der Waals surface area contributed by atoms with Crippen LogP contribution in [-0.2, 0) is 9.53 Å². The Hall–Kier alpha value is -0.610. The molecule has 0 aliphatic carbocycles. The first kappa shape index (κ1) is 13.5. The van der Waals surface area contributed by atoms with Crippen LogP contribution in [-0.4, -0.2) is 61.6 Å². The highest BCUT2D eigenvalue weighted by atomic mass is 16.5. The van der Waals surface area contributed by atoms with Crippen LogP contribution >= 0.6 is 0 Å². The van der Waals surface area contributed by atoms with Crippen molar-refractivity contribution in [2.24, 2.45) is 0 Å². The molecular weight excluding hydrogens is 204 g/mol. The van der Waals surface area contributed by atoms with E-state index in [1.54, 1.807) is 0 Å². The number of likely N-dealkylation sites (tertiary alicyclic amines) is 1. The zero-order chi connectivity index (χ0) is 12.1. The summed E-state index contributed by atoms with van der Waals surface area (Å²) in [5.41, 5.74) is 0. The summed E-state index contributed by atoms with van der Waals surface area (Å²) in [6.45, 7) is 6.26. The maximum atomic E-state index is 11.6. The first-order valence-electron chi connectivity index (χ1n) is 6.07. The molecule has 0 aromatic rings. The van der Waals surface area contributed by atoms with E-state index in [1.807, 2.05) is 13.8 Å². The lowest BCUT2D eigenvalue weighted by Gasteiger charge is -2.26. The zero-order valence-corrected chi connectivity index (χ0v) is 10.9. The van der Waals surface area contributed by atoms with Crippen molar-refractivity contribution in [2.75, 3.05) is 33.7 Å². The van der Waals surface area contributed by atoms with E-state index in [0.717, 1.165) is 13.1 Å². The van der Waals surface area contributed by atoms with Crippen molar-refractivity contribution in [3.05, 3.63) is 0 Å². The van der Waals surface area contributed by atoms with E-state index < -0.39 is 0 Å². The summed E-state index contributed by atoms with van der Waals surface area (Å²) >= 11 is 0. The lowest BCUT2D eigenvalue weighted by Crippen LogP contribution is -2.41. The normalized spacial score (nSPS) is 22.0. The van der Waals surface area contributed by atoms with Crippen LogP contribution in [0, 0.1) is 0 Å². The molecule has 1 aliphatic heterocycles. The lowest BCUT2D eigenvalue weighted by molar-refractivity contribution is -0.149. The highest BCUT2D eigenvalue weighted by Crippen LogP contribution is 2.17. The SMILES string of the molecule is CC(C)OC(=O)CN1CCCC1CN(C)C. The van der Waals surface area contributed by atoms with Gasteiger partial charge < -0.3 is 9.64 Å². The van der Waals surface area contributed by atoms with Gasteiger partial charge in [-0.2, -0.15) is 0 Å². The maximum absolute atomic E-state index is 11.6. The second kappa shape index (κ2) is 6.21. The predicted octanol–water partition coefficient (Wildman–Crippen LogP) is 0.964. The Bertz CT molecular complexity index is 229. The van der Waals surface area contributed by atoms with Crippen LogP contribution in [0.1, 0.15) is 26.7 Å². The van der Waals surface area contributed by atoms with Crippen molar-refractivity contribution >= 4 is 5.97 Å². The summed E-state index contributed by atoms with van der Waals surface area (Å²) in [6, 6.07) is 0.509. The monoisotopic (exact) mass is 228 g/mol. The van der Waals surface area contributed by atoms with Crippen LogP contribution in [0.3, 0.4) is 0 Å². The van der Waals surface area contributed by atoms with Crippen LogP contribution in [0.25, 0.3) is 0 Å². The number of likely N-dealkylation sites (N-methyl/N-ethyl adjacent to an activating group) is 1. The Morgan fingerprint density at radius 1 is 1.50 bits per heavy atom. The van der Waals surface area contributed by atoms with Crippen molar-refractivity contribution in [1.82, 2.24) is 9.80 Å². The van der Waals surface area contributed by atoms with Gasteiger partial charge in [0.15, 0.2) is 0 Å². The Morgan fingerprint density at radius 2 is 2.19 bits per heavy atom. The molecule has 1 aliphatic rings. The van der Waals surface area contributed by atoms with E-state index in [1.165, 1.54) is 12.8 Å². The third-order valence-electron chi connectivity index (χ3n) is 2.77. The maximum Gasteiger partial charge on any atom is 0.320 e. The van der Waals surface area contributed by atoms with Crippen LogP contribution in [0.2, 0.25) is 0 Å². The lowest BCUT2D eigenvalue weighted by atomic mass is 10.2. The Labute approximate surface area is 98.5 Å². The van der Waals surface area contributed by atoms with Gasteiger partial charge in [-0.25, -0.2) is 0 Å². The molecule has 1 fully saturated rings. The Kier molecular flexibility index (Phi) is 5.22. The molecule has 16 heavy (non-hydrogen) atoms. The van der Waals surface area contributed by atoms with E-state index in [9.17, 15) is 4.79 Å². The van der Waals surface area contributed by atoms with E-state index in [4.69, 9.17) is 4.74 Å². The summed E-state index contributed by atoms with van der Waals surface area (Å²) in [6.07, 6.45) is 2.36. The smallest absolute Gasteiger partial charge is 0.320 e. The van der Waals surface area contributed by atoms with Crippen molar-refractivity contribution in [3.63, 3.8) is 0 Å². The highest BCUT2D eigenvalue weighted by Gasteiger charge is 2.27. The van der Waals surface area contributed by atoms with Crippen molar-refractivity contribution in [2.45, 2.75) is 38.8 Å². The summed E-state index contributed by atoms with van der Waals surface area (Å²) in [7, 11) is 4.14. The molecule has 1 saturated heterocycles. The largest absolute Gasteiger partial charge is 0.462 e. The van der Waals surface area contributed by atoms with Crippen molar-refractivity contribution < 1.29 is 9.53 Å². The van der Waals surface area contributed by atoms with Crippen LogP contribution in [0.4, 0.5) is 0 Å². The second-order valence-corrected chi connectivity index (χ2v) is 5.07. The predicted molar refractivity (Wildman–Crippen MR) is 64.4 cm³/mol. The molecule has 0 aromatic heterocycles. The molecule has 0 saturated carbocycles. The van der Waals surface area contributed by atoms with E-state index >= 15 is 0 Å². The molecule has 94 valence electrons. The van der Waals surface area contributed by atoms with E-state index in [2.05, 4.69) is 23.9 Å². The third kappa shape index (κ3) is 4.49. The van der Waals surface area contributed by atoms with E-state index in [0.29, 0.717) is 12.6 Å². The number of rotatable bonds is 5. The average Bonchev–Trinajstić information content (AvgIpc) is 2.50. The number of hydrogen-bond donors (Lipinski definition) is 0. The van der Waals surface area contributed by atoms with Crippen molar-refractivity contribution in [3.8, 4) is 0 Å². The number of nitrogens with zero attached hydrogens (tertiary/aromatic N) is 2. The minimum atomic E-state index is -0.0966. The van der Waals surface area contributed by atoms with Gasteiger partial charge in [0.1, 0.15) is 0 Å². The van der Waals surface area contributed by atoms with Gasteiger partial charge >= 0.3 is 5.97 Å². The fourth-order valence-electron chi connectivity index (χ4n) is 2.20. The van der Waals surface area contributed by atoms with Crippen LogP contribution in [0.5, 0.6) is 0 Å². The van der Waals surface area contributed by atoms with Gasteiger partial charge in [0.05, 0.1) is 12.6 Å². The number of carbonyl (C=O) groups is 1. The topological polar surface area (TPSA) is 32.8 Å². The summed E-state index contributed by atoms with van der Waals surface area (Å²) in [5.74, 6) is -0.0966. The number of carbonyl (C=O) groups excluding carboxylic acids is 1. The molecule has 0 bridgehead atoms. The molecule has 0 radical (unpaired) electrons.